The van der Waals surface area contributed by atoms with Crippen molar-refractivity contribution in [3.63, 3.8) is 0 Å². The molecule has 0 aliphatic heterocycles. The van der Waals surface area contributed by atoms with Gasteiger partial charge in [0.1, 0.15) is 0 Å². The highest BCUT2D eigenvalue weighted by molar-refractivity contribution is 6.08. The van der Waals surface area contributed by atoms with Crippen molar-refractivity contribution in [3.8, 4) is 0 Å². The lowest BCUT2D eigenvalue weighted by Gasteiger charge is -2.27. The van der Waals surface area contributed by atoms with Gasteiger partial charge in [-0.1, -0.05) is 81.1 Å². The van der Waals surface area contributed by atoms with E-state index in [-0.39, 0.29) is 0 Å². The van der Waals surface area contributed by atoms with Crippen LogP contribution in [0.3, 0.4) is 0 Å². The predicted octanol–water partition coefficient (Wildman–Crippen LogP) is 7.38. The molecular weight excluding hydrogens is 288 g/mol. The summed E-state index contributed by atoms with van der Waals surface area (Å²) in [5.74, 6) is 0.793. The molecule has 3 aromatic carbocycles. The van der Waals surface area contributed by atoms with Crippen molar-refractivity contribution in [1.82, 2.24) is 0 Å². The van der Waals surface area contributed by atoms with E-state index in [1.807, 2.05) is 0 Å². The zero-order valence-corrected chi connectivity index (χ0v) is 14.9. The zero-order chi connectivity index (χ0) is 16.4. The lowest BCUT2D eigenvalue weighted by molar-refractivity contribution is 0.490. The Morgan fingerprint density at radius 2 is 1.71 bits per heavy atom. The molecule has 0 radical (unpaired) electrons. The number of rotatable bonds is 5. The molecule has 0 aromatic heterocycles. The summed E-state index contributed by atoms with van der Waals surface area (Å²) in [7, 11) is 0. The van der Waals surface area contributed by atoms with E-state index in [0.29, 0.717) is 0 Å². The SMILES string of the molecule is CCCCCCC1CCCc2c1ccc1c2ccc2ccccc21. The highest BCUT2D eigenvalue weighted by Crippen LogP contribution is 2.40. The summed E-state index contributed by atoms with van der Waals surface area (Å²) in [6, 6.07) is 18.3. The summed E-state index contributed by atoms with van der Waals surface area (Å²) in [6.07, 6.45) is 10.9. The Kier molecular flexibility index (Phi) is 4.56. The standard InChI is InChI=1S/C24H28/c1-2-3-4-5-9-18-11-8-13-22-21(18)16-17-23-20-12-7-6-10-19(20)14-15-24(22)23/h6-7,10,12,14-18H,2-5,8-9,11,13H2,1H3. The number of unbranched alkanes of at least 4 members (excludes halogenated alkanes) is 3. The molecule has 0 amide bonds. The number of hydrogen-bond donors (Lipinski definition) is 0. The van der Waals surface area contributed by atoms with Crippen LogP contribution in [0.2, 0.25) is 0 Å². The smallest absolute Gasteiger partial charge is 0.0102 e. The van der Waals surface area contributed by atoms with Crippen molar-refractivity contribution in [2.75, 3.05) is 0 Å². The van der Waals surface area contributed by atoms with E-state index in [2.05, 4.69) is 55.5 Å². The maximum atomic E-state index is 2.45. The quantitative estimate of drug-likeness (QED) is 0.340. The molecule has 3 aromatic rings. The Morgan fingerprint density at radius 3 is 2.62 bits per heavy atom. The van der Waals surface area contributed by atoms with E-state index in [4.69, 9.17) is 0 Å². The van der Waals surface area contributed by atoms with Gasteiger partial charge in [0.05, 0.1) is 0 Å². The molecule has 0 saturated heterocycles. The van der Waals surface area contributed by atoms with Crippen molar-refractivity contribution in [3.05, 3.63) is 59.7 Å². The van der Waals surface area contributed by atoms with Crippen LogP contribution in [0.25, 0.3) is 21.5 Å². The molecule has 0 spiro atoms. The fourth-order valence-electron chi connectivity index (χ4n) is 4.63. The number of aryl methyl sites for hydroxylation is 1. The van der Waals surface area contributed by atoms with E-state index in [1.54, 1.807) is 11.1 Å². The summed E-state index contributed by atoms with van der Waals surface area (Å²) in [4.78, 5) is 0. The van der Waals surface area contributed by atoms with Crippen LogP contribution >= 0.6 is 0 Å². The highest BCUT2D eigenvalue weighted by Gasteiger charge is 2.21. The molecule has 0 saturated carbocycles. The molecule has 0 nitrogen and oxygen atoms in total. The summed E-state index contributed by atoms with van der Waals surface area (Å²) in [5.41, 5.74) is 3.30. The summed E-state index contributed by atoms with van der Waals surface area (Å²) in [6.45, 7) is 2.30. The van der Waals surface area contributed by atoms with Gasteiger partial charge in [-0.15, -0.1) is 0 Å². The number of fused-ring (bicyclic) bond motifs is 5. The topological polar surface area (TPSA) is 0 Å². The summed E-state index contributed by atoms with van der Waals surface area (Å²) in [5, 5.41) is 5.71. The van der Waals surface area contributed by atoms with Crippen LogP contribution < -0.4 is 0 Å². The second kappa shape index (κ2) is 6.97. The van der Waals surface area contributed by atoms with Gasteiger partial charge in [0.15, 0.2) is 0 Å². The van der Waals surface area contributed by atoms with E-state index < -0.39 is 0 Å². The van der Waals surface area contributed by atoms with E-state index >= 15 is 0 Å². The van der Waals surface area contributed by atoms with E-state index in [1.165, 1.54) is 72.9 Å². The second-order valence-electron chi connectivity index (χ2n) is 7.45. The third-order valence-corrected chi connectivity index (χ3v) is 5.90. The van der Waals surface area contributed by atoms with Crippen molar-refractivity contribution in [2.24, 2.45) is 0 Å². The fourth-order valence-corrected chi connectivity index (χ4v) is 4.63. The van der Waals surface area contributed by atoms with Crippen LogP contribution in [0.15, 0.2) is 48.5 Å². The van der Waals surface area contributed by atoms with Crippen LogP contribution in [0, 0.1) is 0 Å². The molecule has 0 heterocycles. The van der Waals surface area contributed by atoms with Gasteiger partial charge >= 0.3 is 0 Å². The average Bonchev–Trinajstić information content (AvgIpc) is 2.64. The summed E-state index contributed by atoms with van der Waals surface area (Å²) >= 11 is 0. The van der Waals surface area contributed by atoms with Crippen molar-refractivity contribution in [2.45, 2.75) is 64.2 Å². The summed E-state index contributed by atoms with van der Waals surface area (Å²) < 4.78 is 0. The molecule has 0 bridgehead atoms. The number of hydrogen-bond acceptors (Lipinski definition) is 0. The van der Waals surface area contributed by atoms with Crippen molar-refractivity contribution >= 4 is 21.5 Å². The average molecular weight is 316 g/mol. The Bertz CT molecular complexity index is 843. The Labute approximate surface area is 145 Å². The van der Waals surface area contributed by atoms with Gasteiger partial charge in [0, 0.05) is 0 Å². The van der Waals surface area contributed by atoms with Gasteiger partial charge < -0.3 is 0 Å². The van der Waals surface area contributed by atoms with Gasteiger partial charge in [0.25, 0.3) is 0 Å². The molecule has 4 rings (SSSR count). The molecule has 0 N–H and O–H groups in total. The lowest BCUT2D eigenvalue weighted by atomic mass is 9.78. The Morgan fingerprint density at radius 1 is 0.833 bits per heavy atom. The van der Waals surface area contributed by atoms with Crippen LogP contribution in [0.5, 0.6) is 0 Å². The van der Waals surface area contributed by atoms with Crippen LogP contribution in [-0.4, -0.2) is 0 Å². The normalized spacial score (nSPS) is 17.3. The molecule has 1 aliphatic rings. The molecule has 0 heteroatoms. The van der Waals surface area contributed by atoms with E-state index in [0.717, 1.165) is 5.92 Å². The van der Waals surface area contributed by atoms with Crippen molar-refractivity contribution < 1.29 is 0 Å². The van der Waals surface area contributed by atoms with Crippen LogP contribution in [-0.2, 0) is 6.42 Å². The molecule has 1 unspecified atom stereocenters. The lowest BCUT2D eigenvalue weighted by Crippen LogP contribution is -2.10. The van der Waals surface area contributed by atoms with Gasteiger partial charge in [-0.05, 0) is 64.3 Å². The zero-order valence-electron chi connectivity index (χ0n) is 14.9. The van der Waals surface area contributed by atoms with Gasteiger partial charge in [0.2, 0.25) is 0 Å². The minimum absolute atomic E-state index is 0.793. The molecule has 0 fully saturated rings. The molecular formula is C24H28. The molecule has 1 atom stereocenters. The minimum Gasteiger partial charge on any atom is -0.0654 e. The number of benzene rings is 3. The second-order valence-corrected chi connectivity index (χ2v) is 7.45. The first-order chi connectivity index (χ1) is 11.9. The van der Waals surface area contributed by atoms with Gasteiger partial charge in [-0.3, -0.25) is 0 Å². The minimum atomic E-state index is 0.793. The largest absolute Gasteiger partial charge is 0.0654 e. The first-order valence-corrected chi connectivity index (χ1v) is 9.81. The Hall–Kier alpha value is -1.82. The van der Waals surface area contributed by atoms with Crippen molar-refractivity contribution in [1.29, 1.82) is 0 Å². The Balaban J connectivity index is 1.72. The third-order valence-electron chi connectivity index (χ3n) is 5.90. The highest BCUT2D eigenvalue weighted by atomic mass is 14.3. The monoisotopic (exact) mass is 316 g/mol. The third kappa shape index (κ3) is 2.83. The first kappa shape index (κ1) is 15.7. The maximum absolute atomic E-state index is 2.45. The fraction of sp³-hybridized carbons (Fsp3) is 0.417. The first-order valence-electron chi connectivity index (χ1n) is 9.81. The predicted molar refractivity (Wildman–Crippen MR) is 106 cm³/mol. The molecule has 1 aliphatic carbocycles. The van der Waals surface area contributed by atoms with Crippen LogP contribution in [0.4, 0.5) is 0 Å². The maximum Gasteiger partial charge on any atom is -0.0102 e. The van der Waals surface area contributed by atoms with E-state index in [9.17, 15) is 0 Å². The van der Waals surface area contributed by atoms with Gasteiger partial charge in [-0.2, -0.15) is 0 Å². The van der Waals surface area contributed by atoms with Gasteiger partial charge in [-0.25, -0.2) is 0 Å². The molecule has 24 heavy (non-hydrogen) atoms. The molecule has 124 valence electrons. The van der Waals surface area contributed by atoms with Crippen LogP contribution in [0.1, 0.15) is 68.9 Å².